The Morgan fingerprint density at radius 2 is 1.92 bits per heavy atom. The number of carbonyl (C=O) groups excluding carboxylic acids is 1. The predicted octanol–water partition coefficient (Wildman–Crippen LogP) is 1.99. The molecule has 1 atom stereocenters. The first-order valence-electron chi connectivity index (χ1n) is 7.06. The summed E-state index contributed by atoms with van der Waals surface area (Å²) < 4.78 is 41.0. The number of rotatable bonds is 5. The Kier molecular flexibility index (Phi) is 6.44. The number of amides is 1. The van der Waals surface area contributed by atoms with Crippen molar-refractivity contribution in [1.29, 1.82) is 0 Å². The summed E-state index contributed by atoms with van der Waals surface area (Å²) in [7, 11) is 1.35. The highest BCUT2D eigenvalue weighted by Gasteiger charge is 2.57. The first-order chi connectivity index (χ1) is 11.1. The second-order valence-electron chi connectivity index (χ2n) is 5.35. The normalized spacial score (nSPS) is 13.6. The Morgan fingerprint density at radius 1 is 1.32 bits per heavy atom. The molecule has 1 unspecified atom stereocenters. The summed E-state index contributed by atoms with van der Waals surface area (Å²) in [6, 6.07) is 5.93. The zero-order chi connectivity index (χ0) is 18.0. The van der Waals surface area contributed by atoms with E-state index < -0.39 is 29.9 Å². The van der Waals surface area contributed by atoms with E-state index in [1.165, 1.54) is 43.7 Å². The number of nitrogen functional groups attached to an aromatic ring is 1. The molecule has 2 aromatic rings. The van der Waals surface area contributed by atoms with Gasteiger partial charge in [-0.2, -0.15) is 13.2 Å². The lowest BCUT2D eigenvalue weighted by molar-refractivity contribution is -0.272. The largest absolute Gasteiger partial charge is 0.424 e. The van der Waals surface area contributed by atoms with Gasteiger partial charge in [-0.3, -0.25) is 4.79 Å². The number of hydrogen-bond acceptors (Lipinski definition) is 4. The van der Waals surface area contributed by atoms with Crippen molar-refractivity contribution in [3.63, 3.8) is 0 Å². The monoisotopic (exact) mass is 378 g/mol. The van der Waals surface area contributed by atoms with Crippen LogP contribution >= 0.6 is 12.4 Å². The molecule has 1 amide bonds. The molecule has 1 aromatic carbocycles. The molecule has 1 heterocycles. The van der Waals surface area contributed by atoms with Gasteiger partial charge in [-0.1, -0.05) is 0 Å². The fraction of sp³-hybridized carbons (Fsp3) is 0.333. The Bertz CT molecular complexity index is 718. The van der Waals surface area contributed by atoms with E-state index in [0.717, 1.165) is 4.57 Å². The molecule has 0 saturated heterocycles. The van der Waals surface area contributed by atoms with Crippen molar-refractivity contribution in [2.24, 2.45) is 7.05 Å². The van der Waals surface area contributed by atoms with Crippen LogP contribution < -0.4 is 11.1 Å². The number of aromatic nitrogens is 2. The van der Waals surface area contributed by atoms with Crippen molar-refractivity contribution >= 4 is 24.0 Å². The zero-order valence-electron chi connectivity index (χ0n) is 13.2. The Morgan fingerprint density at radius 3 is 2.40 bits per heavy atom. The van der Waals surface area contributed by atoms with Crippen LogP contribution in [-0.2, 0) is 12.6 Å². The minimum atomic E-state index is -4.93. The fourth-order valence-corrected chi connectivity index (χ4v) is 2.24. The highest BCUT2D eigenvalue weighted by molar-refractivity contribution is 5.94. The minimum absolute atomic E-state index is 0. The van der Waals surface area contributed by atoms with Gasteiger partial charge in [0, 0.05) is 43.7 Å². The molecule has 0 bridgehead atoms. The molecule has 6 nitrogen and oxygen atoms in total. The Labute approximate surface area is 148 Å². The molecule has 0 aliphatic carbocycles. The third-order valence-corrected chi connectivity index (χ3v) is 3.61. The Balaban J connectivity index is 0.00000312. The van der Waals surface area contributed by atoms with Crippen molar-refractivity contribution in [3.05, 3.63) is 48.0 Å². The third-order valence-electron chi connectivity index (χ3n) is 3.61. The number of nitrogens with one attached hydrogen (secondary N) is 1. The molecule has 0 radical (unpaired) electrons. The number of anilines is 1. The fourth-order valence-electron chi connectivity index (χ4n) is 2.24. The van der Waals surface area contributed by atoms with Gasteiger partial charge in [-0.25, -0.2) is 4.98 Å². The van der Waals surface area contributed by atoms with Crippen LogP contribution in [0.25, 0.3) is 0 Å². The number of alkyl halides is 3. The van der Waals surface area contributed by atoms with Crippen molar-refractivity contribution in [3.8, 4) is 0 Å². The average Bonchev–Trinajstić information content (AvgIpc) is 2.93. The smallest absolute Gasteiger partial charge is 0.399 e. The van der Waals surface area contributed by atoms with E-state index in [1.54, 1.807) is 0 Å². The minimum Gasteiger partial charge on any atom is -0.399 e. The van der Waals surface area contributed by atoms with Gasteiger partial charge in [0.05, 0.1) is 0 Å². The van der Waals surface area contributed by atoms with Gasteiger partial charge in [0.15, 0.2) is 0 Å². The van der Waals surface area contributed by atoms with Crippen LogP contribution in [0.3, 0.4) is 0 Å². The molecule has 0 aliphatic rings. The number of nitrogens with zero attached hydrogens (tertiary/aromatic N) is 2. The average molecular weight is 379 g/mol. The second kappa shape index (κ2) is 7.75. The maximum atomic E-state index is 13.3. The highest BCUT2D eigenvalue weighted by Crippen LogP contribution is 2.40. The molecule has 25 heavy (non-hydrogen) atoms. The van der Waals surface area contributed by atoms with Gasteiger partial charge in [0.1, 0.15) is 5.82 Å². The van der Waals surface area contributed by atoms with Crippen LogP contribution in [-0.4, -0.2) is 33.3 Å². The summed E-state index contributed by atoms with van der Waals surface area (Å²) in [4.78, 5) is 15.5. The van der Waals surface area contributed by atoms with Gasteiger partial charge >= 0.3 is 6.18 Å². The first-order valence-corrected chi connectivity index (χ1v) is 7.06. The number of aryl methyl sites for hydroxylation is 1. The lowest BCUT2D eigenvalue weighted by atomic mass is 9.97. The van der Waals surface area contributed by atoms with Crippen LogP contribution in [0.5, 0.6) is 0 Å². The van der Waals surface area contributed by atoms with Crippen LogP contribution in [0, 0.1) is 0 Å². The van der Waals surface area contributed by atoms with E-state index in [2.05, 4.69) is 10.3 Å². The van der Waals surface area contributed by atoms with Crippen molar-refractivity contribution in [1.82, 2.24) is 14.9 Å². The molecule has 0 spiro atoms. The van der Waals surface area contributed by atoms with E-state index in [-0.39, 0.29) is 24.5 Å². The maximum Gasteiger partial charge on any atom is 0.424 e. The van der Waals surface area contributed by atoms with E-state index in [9.17, 15) is 23.1 Å². The molecule has 0 fully saturated rings. The second-order valence-corrected chi connectivity index (χ2v) is 5.35. The van der Waals surface area contributed by atoms with Crippen molar-refractivity contribution in [2.45, 2.75) is 18.2 Å². The van der Waals surface area contributed by atoms with Crippen LogP contribution in [0.15, 0.2) is 36.7 Å². The van der Waals surface area contributed by atoms with E-state index >= 15 is 0 Å². The number of benzene rings is 1. The number of nitrogens with two attached hydrogens (primary N) is 1. The quantitative estimate of drug-likeness (QED) is 0.694. The first kappa shape index (κ1) is 20.8. The zero-order valence-corrected chi connectivity index (χ0v) is 14.1. The summed E-state index contributed by atoms with van der Waals surface area (Å²) in [5.41, 5.74) is 3.07. The number of halogens is 4. The maximum absolute atomic E-state index is 13.3. The molecular formula is C15H18ClF3N4O2. The lowest BCUT2D eigenvalue weighted by Gasteiger charge is -2.29. The topological polar surface area (TPSA) is 93.2 Å². The van der Waals surface area contributed by atoms with E-state index in [0.29, 0.717) is 5.69 Å². The molecule has 10 heteroatoms. The molecule has 2 rings (SSSR count). The summed E-state index contributed by atoms with van der Waals surface area (Å²) in [5, 5.41) is 12.5. The van der Waals surface area contributed by atoms with E-state index in [1.807, 2.05) is 0 Å². The molecule has 0 aliphatic heterocycles. The molecular weight excluding hydrogens is 361 g/mol. The lowest BCUT2D eigenvalue weighted by Crippen LogP contribution is -2.46. The van der Waals surface area contributed by atoms with E-state index in [4.69, 9.17) is 5.73 Å². The number of carbonyl (C=O) groups is 1. The van der Waals surface area contributed by atoms with Gasteiger partial charge in [0.2, 0.25) is 5.60 Å². The summed E-state index contributed by atoms with van der Waals surface area (Å²) >= 11 is 0. The predicted molar refractivity (Wildman–Crippen MR) is 88.2 cm³/mol. The van der Waals surface area contributed by atoms with Crippen molar-refractivity contribution < 1.29 is 23.1 Å². The van der Waals surface area contributed by atoms with Crippen LogP contribution in [0.2, 0.25) is 0 Å². The molecule has 4 N–H and O–H groups in total. The standard InChI is InChI=1S/C15H17F3N4O2.ClH/c1-22-9-8-21-13(22)14(24,15(16,17)18)6-7-20-12(23)10-2-4-11(19)5-3-10;/h2-5,8-9,24H,6-7,19H2,1H3,(H,20,23);1H. The van der Waals surface area contributed by atoms with Gasteiger partial charge in [-0.15, -0.1) is 12.4 Å². The summed E-state index contributed by atoms with van der Waals surface area (Å²) in [5.74, 6) is -1.09. The van der Waals surface area contributed by atoms with Crippen LogP contribution in [0.1, 0.15) is 22.6 Å². The molecule has 138 valence electrons. The van der Waals surface area contributed by atoms with Crippen LogP contribution in [0.4, 0.5) is 18.9 Å². The van der Waals surface area contributed by atoms with Gasteiger partial charge in [-0.05, 0) is 24.3 Å². The third kappa shape index (κ3) is 4.43. The van der Waals surface area contributed by atoms with Gasteiger partial charge < -0.3 is 20.7 Å². The van der Waals surface area contributed by atoms with Crippen molar-refractivity contribution in [2.75, 3.05) is 12.3 Å². The highest BCUT2D eigenvalue weighted by atomic mass is 35.5. The molecule has 1 aromatic heterocycles. The SMILES string of the molecule is Cl.Cn1ccnc1C(O)(CCNC(=O)c1ccc(N)cc1)C(F)(F)F. The number of imidazole rings is 1. The Hall–Kier alpha value is -2.26. The molecule has 0 saturated carbocycles. The number of aliphatic hydroxyl groups is 1. The summed E-state index contributed by atoms with van der Waals surface area (Å²) in [6.45, 7) is -0.383. The number of hydrogen-bond donors (Lipinski definition) is 3. The van der Waals surface area contributed by atoms with Gasteiger partial charge in [0.25, 0.3) is 5.91 Å². The summed E-state index contributed by atoms with van der Waals surface area (Å²) in [6.07, 6.45) is -3.22.